The summed E-state index contributed by atoms with van der Waals surface area (Å²) < 4.78 is 10.8. The Balaban J connectivity index is 2.35. The third-order valence-corrected chi connectivity index (χ3v) is 4.47. The normalized spacial score (nSPS) is 16.9. The summed E-state index contributed by atoms with van der Waals surface area (Å²) in [4.78, 5) is 0. The number of hydrogen-bond donors (Lipinski definition) is 0. The van der Waals surface area contributed by atoms with E-state index in [-0.39, 0.29) is 5.41 Å². The summed E-state index contributed by atoms with van der Waals surface area (Å²) in [6, 6.07) is 6.25. The summed E-state index contributed by atoms with van der Waals surface area (Å²) >= 11 is 0. The van der Waals surface area contributed by atoms with Gasteiger partial charge in [0, 0.05) is 6.07 Å². The van der Waals surface area contributed by atoms with Crippen LogP contribution >= 0.6 is 0 Å². The minimum atomic E-state index is 0.193. The summed E-state index contributed by atoms with van der Waals surface area (Å²) in [6.45, 7) is 4.69. The Kier molecular flexibility index (Phi) is 3.84. The molecule has 2 heteroatoms. The third kappa shape index (κ3) is 2.47. The van der Waals surface area contributed by atoms with E-state index in [2.05, 4.69) is 26.0 Å². The van der Waals surface area contributed by atoms with Crippen molar-refractivity contribution in [2.24, 2.45) is 5.92 Å². The summed E-state index contributed by atoms with van der Waals surface area (Å²) in [5.41, 5.74) is 1.52. The van der Waals surface area contributed by atoms with E-state index >= 15 is 0 Å². The molecule has 0 atom stereocenters. The monoisotopic (exact) mass is 248 g/mol. The number of hydrogen-bond acceptors (Lipinski definition) is 2. The van der Waals surface area contributed by atoms with Crippen LogP contribution < -0.4 is 9.47 Å². The standard InChI is InChI=1S/C16H24O2/c1-16(2,12-7-5-6-8-12)13-9-14(17-3)11-15(10-13)18-4/h9-12H,5-8H2,1-4H3. The first-order valence-corrected chi connectivity index (χ1v) is 6.81. The lowest BCUT2D eigenvalue weighted by atomic mass is 9.72. The number of benzene rings is 1. The molecule has 2 nitrogen and oxygen atoms in total. The molecule has 1 aromatic carbocycles. The van der Waals surface area contributed by atoms with Crippen LogP contribution in [-0.2, 0) is 5.41 Å². The minimum Gasteiger partial charge on any atom is -0.497 e. The SMILES string of the molecule is COc1cc(OC)cc(C(C)(C)C2CCCC2)c1. The molecule has 0 radical (unpaired) electrons. The van der Waals surface area contributed by atoms with Gasteiger partial charge in [-0.15, -0.1) is 0 Å². The molecule has 2 rings (SSSR count). The molecule has 0 heterocycles. The van der Waals surface area contributed by atoms with Crippen molar-refractivity contribution < 1.29 is 9.47 Å². The van der Waals surface area contributed by atoms with E-state index in [0.717, 1.165) is 17.4 Å². The van der Waals surface area contributed by atoms with Crippen LogP contribution in [0.1, 0.15) is 45.1 Å². The predicted octanol–water partition coefficient (Wildman–Crippen LogP) is 4.17. The fourth-order valence-corrected chi connectivity index (χ4v) is 3.06. The third-order valence-electron chi connectivity index (χ3n) is 4.47. The zero-order valence-corrected chi connectivity index (χ0v) is 12.0. The molecule has 1 aliphatic carbocycles. The molecule has 0 saturated heterocycles. The van der Waals surface area contributed by atoms with Crippen LogP contribution in [0.4, 0.5) is 0 Å². The van der Waals surface area contributed by atoms with Gasteiger partial charge in [0.25, 0.3) is 0 Å². The molecule has 1 aromatic rings. The summed E-state index contributed by atoms with van der Waals surface area (Å²) in [5, 5.41) is 0. The molecule has 0 amide bonds. The highest BCUT2D eigenvalue weighted by atomic mass is 16.5. The first-order chi connectivity index (χ1) is 8.57. The van der Waals surface area contributed by atoms with E-state index in [1.54, 1.807) is 14.2 Å². The second-order valence-electron chi connectivity index (χ2n) is 5.80. The molecule has 100 valence electrons. The number of methoxy groups -OCH3 is 2. The second-order valence-corrected chi connectivity index (χ2v) is 5.80. The van der Waals surface area contributed by atoms with E-state index in [1.807, 2.05) is 6.07 Å². The lowest BCUT2D eigenvalue weighted by Gasteiger charge is -2.32. The van der Waals surface area contributed by atoms with Crippen molar-refractivity contribution in [1.29, 1.82) is 0 Å². The molecule has 1 aliphatic rings. The summed E-state index contributed by atoms with van der Waals surface area (Å²) in [7, 11) is 3.42. The first-order valence-electron chi connectivity index (χ1n) is 6.81. The van der Waals surface area contributed by atoms with Crippen molar-refractivity contribution in [3.63, 3.8) is 0 Å². The van der Waals surface area contributed by atoms with Crippen LogP contribution in [-0.4, -0.2) is 14.2 Å². The molecule has 0 aromatic heterocycles. The van der Waals surface area contributed by atoms with Crippen molar-refractivity contribution in [3.8, 4) is 11.5 Å². The molecule has 0 bridgehead atoms. The lowest BCUT2D eigenvalue weighted by molar-refractivity contribution is 0.320. The van der Waals surface area contributed by atoms with Gasteiger partial charge in [0.05, 0.1) is 14.2 Å². The highest BCUT2D eigenvalue weighted by Crippen LogP contribution is 2.43. The number of ether oxygens (including phenoxy) is 2. The topological polar surface area (TPSA) is 18.5 Å². The van der Waals surface area contributed by atoms with Crippen LogP contribution in [0.3, 0.4) is 0 Å². The molecule has 1 saturated carbocycles. The minimum absolute atomic E-state index is 0.193. The Morgan fingerprint density at radius 1 is 0.944 bits per heavy atom. The van der Waals surface area contributed by atoms with Gasteiger partial charge in [-0.1, -0.05) is 26.7 Å². The fourth-order valence-electron chi connectivity index (χ4n) is 3.06. The van der Waals surface area contributed by atoms with Gasteiger partial charge in [0.1, 0.15) is 11.5 Å². The van der Waals surface area contributed by atoms with Gasteiger partial charge in [-0.05, 0) is 41.9 Å². The maximum Gasteiger partial charge on any atom is 0.122 e. The predicted molar refractivity (Wildman–Crippen MR) is 74.5 cm³/mol. The Morgan fingerprint density at radius 3 is 1.89 bits per heavy atom. The van der Waals surface area contributed by atoms with E-state index in [0.29, 0.717) is 0 Å². The zero-order chi connectivity index (χ0) is 13.2. The Hall–Kier alpha value is -1.18. The van der Waals surface area contributed by atoms with Gasteiger partial charge in [0.2, 0.25) is 0 Å². The van der Waals surface area contributed by atoms with Crippen molar-refractivity contribution in [2.45, 2.75) is 44.9 Å². The highest BCUT2D eigenvalue weighted by Gasteiger charge is 2.33. The van der Waals surface area contributed by atoms with Gasteiger partial charge in [0.15, 0.2) is 0 Å². The van der Waals surface area contributed by atoms with Gasteiger partial charge in [-0.25, -0.2) is 0 Å². The van der Waals surface area contributed by atoms with Gasteiger partial charge < -0.3 is 9.47 Å². The lowest BCUT2D eigenvalue weighted by Crippen LogP contribution is -2.26. The maximum absolute atomic E-state index is 5.38. The molecule has 0 unspecified atom stereocenters. The maximum atomic E-state index is 5.38. The molecule has 0 spiro atoms. The van der Waals surface area contributed by atoms with Crippen molar-refractivity contribution in [1.82, 2.24) is 0 Å². The Morgan fingerprint density at radius 2 is 1.44 bits per heavy atom. The smallest absolute Gasteiger partial charge is 0.122 e. The molecule has 0 N–H and O–H groups in total. The van der Waals surface area contributed by atoms with Crippen LogP contribution in [0.5, 0.6) is 11.5 Å². The Labute approximate surface area is 110 Å². The van der Waals surface area contributed by atoms with Crippen LogP contribution in [0.2, 0.25) is 0 Å². The van der Waals surface area contributed by atoms with Crippen LogP contribution in [0, 0.1) is 5.92 Å². The molecule has 18 heavy (non-hydrogen) atoms. The zero-order valence-electron chi connectivity index (χ0n) is 12.0. The highest BCUT2D eigenvalue weighted by molar-refractivity contribution is 5.41. The molecular weight excluding hydrogens is 224 g/mol. The van der Waals surface area contributed by atoms with E-state index in [4.69, 9.17) is 9.47 Å². The van der Waals surface area contributed by atoms with Gasteiger partial charge in [-0.3, -0.25) is 0 Å². The molecular formula is C16H24O2. The first kappa shape index (κ1) is 13.3. The van der Waals surface area contributed by atoms with Crippen molar-refractivity contribution in [3.05, 3.63) is 23.8 Å². The van der Waals surface area contributed by atoms with E-state index in [1.165, 1.54) is 31.2 Å². The van der Waals surface area contributed by atoms with Gasteiger partial charge in [-0.2, -0.15) is 0 Å². The average Bonchev–Trinajstić information content (AvgIpc) is 2.92. The quantitative estimate of drug-likeness (QED) is 0.796. The summed E-state index contributed by atoms with van der Waals surface area (Å²) in [5.74, 6) is 2.54. The van der Waals surface area contributed by atoms with E-state index < -0.39 is 0 Å². The van der Waals surface area contributed by atoms with Crippen LogP contribution in [0.25, 0.3) is 0 Å². The molecule has 0 aliphatic heterocycles. The largest absolute Gasteiger partial charge is 0.497 e. The second kappa shape index (κ2) is 5.21. The fraction of sp³-hybridized carbons (Fsp3) is 0.625. The average molecular weight is 248 g/mol. The van der Waals surface area contributed by atoms with E-state index in [9.17, 15) is 0 Å². The number of rotatable bonds is 4. The summed E-state index contributed by atoms with van der Waals surface area (Å²) in [6.07, 6.45) is 5.42. The van der Waals surface area contributed by atoms with Gasteiger partial charge >= 0.3 is 0 Å². The molecule has 1 fully saturated rings. The Bertz CT molecular complexity index is 381. The van der Waals surface area contributed by atoms with Crippen molar-refractivity contribution in [2.75, 3.05) is 14.2 Å². The van der Waals surface area contributed by atoms with Crippen LogP contribution in [0.15, 0.2) is 18.2 Å². The van der Waals surface area contributed by atoms with Crippen molar-refractivity contribution >= 4 is 0 Å².